The summed E-state index contributed by atoms with van der Waals surface area (Å²) >= 11 is 6.16. The Morgan fingerprint density at radius 1 is 1.20 bits per heavy atom. The molecule has 0 radical (unpaired) electrons. The van der Waals surface area contributed by atoms with Gasteiger partial charge in [0.2, 0.25) is 5.28 Å². The number of carbonyl (C=O) groups excluding carboxylic acids is 1. The first-order valence-corrected chi connectivity index (χ1v) is 9.10. The summed E-state index contributed by atoms with van der Waals surface area (Å²) in [7, 11) is 0. The van der Waals surface area contributed by atoms with E-state index in [1.807, 2.05) is 20.8 Å². The fraction of sp³-hybridized carbons (Fsp3) is 0.706. The maximum absolute atomic E-state index is 12.4. The smallest absolute Gasteiger partial charge is 0.410 e. The number of fused-ring (bicyclic) bond motifs is 3. The third kappa shape index (κ3) is 3.40. The molecule has 8 heteroatoms. The summed E-state index contributed by atoms with van der Waals surface area (Å²) in [6, 6.07) is 0. The van der Waals surface area contributed by atoms with E-state index < -0.39 is 5.60 Å². The van der Waals surface area contributed by atoms with E-state index in [2.05, 4.69) is 14.9 Å². The molecule has 0 saturated carbocycles. The molecule has 4 heterocycles. The van der Waals surface area contributed by atoms with E-state index in [1.54, 1.807) is 4.90 Å². The van der Waals surface area contributed by atoms with Crippen LogP contribution in [0.3, 0.4) is 0 Å². The second-order valence-corrected chi connectivity index (χ2v) is 8.28. The van der Waals surface area contributed by atoms with Crippen LogP contribution in [0.5, 0.6) is 0 Å². The number of morpholine rings is 1. The van der Waals surface area contributed by atoms with E-state index in [4.69, 9.17) is 21.1 Å². The average Bonchev–Trinajstić information content (AvgIpc) is 3.07. The van der Waals surface area contributed by atoms with E-state index in [0.29, 0.717) is 13.1 Å². The van der Waals surface area contributed by atoms with Crippen LogP contribution in [0, 0.1) is 0 Å². The summed E-state index contributed by atoms with van der Waals surface area (Å²) in [5.74, 6) is 0.834. The van der Waals surface area contributed by atoms with Gasteiger partial charge in [-0.05, 0) is 45.2 Å². The molecular weight excluding hydrogens is 344 g/mol. The summed E-state index contributed by atoms with van der Waals surface area (Å²) in [5, 5.41) is 0.221. The molecule has 2 unspecified atom stereocenters. The van der Waals surface area contributed by atoms with Crippen molar-refractivity contribution in [1.29, 1.82) is 0 Å². The molecule has 3 aliphatic heterocycles. The molecule has 2 saturated heterocycles. The topological polar surface area (TPSA) is 67.8 Å². The molecule has 3 aliphatic rings. The van der Waals surface area contributed by atoms with Crippen molar-refractivity contribution in [3.63, 3.8) is 0 Å². The van der Waals surface area contributed by atoms with Crippen LogP contribution in [-0.2, 0) is 22.6 Å². The lowest BCUT2D eigenvalue weighted by Gasteiger charge is -2.34. The largest absolute Gasteiger partial charge is 0.444 e. The Kier molecular flexibility index (Phi) is 4.03. The number of rotatable bonds is 1. The van der Waals surface area contributed by atoms with Gasteiger partial charge in [0.05, 0.1) is 31.0 Å². The van der Waals surface area contributed by atoms with Crippen molar-refractivity contribution in [1.82, 2.24) is 14.9 Å². The highest BCUT2D eigenvalue weighted by atomic mass is 35.5. The predicted molar refractivity (Wildman–Crippen MR) is 92.6 cm³/mol. The Labute approximate surface area is 152 Å². The maximum atomic E-state index is 12.4. The summed E-state index contributed by atoms with van der Waals surface area (Å²) in [5.41, 5.74) is 1.25. The zero-order chi connectivity index (χ0) is 17.8. The van der Waals surface area contributed by atoms with E-state index in [0.717, 1.165) is 43.0 Å². The van der Waals surface area contributed by atoms with Gasteiger partial charge in [0.25, 0.3) is 0 Å². The van der Waals surface area contributed by atoms with E-state index in [-0.39, 0.29) is 23.6 Å². The Balaban J connectivity index is 1.58. The third-order valence-corrected chi connectivity index (χ3v) is 4.90. The van der Waals surface area contributed by atoms with Crippen LogP contribution >= 0.6 is 11.6 Å². The molecule has 4 rings (SSSR count). The molecule has 2 fully saturated rings. The summed E-state index contributed by atoms with van der Waals surface area (Å²) in [6.07, 6.45) is 2.35. The normalized spacial score (nSPS) is 25.3. The number of carbonyl (C=O) groups is 1. The molecule has 1 aromatic heterocycles. The van der Waals surface area contributed by atoms with Gasteiger partial charge in [-0.3, -0.25) is 4.90 Å². The standard InChI is InChI=1S/C17H23ClN4O3/c1-17(2,3)25-16(23)22-8-12-13(9-22)19-15(18)20-14(12)21-6-10-4-5-11(7-21)24-10/h10-11H,4-9H2,1-3H3. The number of aromatic nitrogens is 2. The van der Waals surface area contributed by atoms with Gasteiger partial charge in [0.1, 0.15) is 11.4 Å². The molecule has 1 aromatic rings. The van der Waals surface area contributed by atoms with Crippen molar-refractivity contribution in [3.05, 3.63) is 16.5 Å². The zero-order valence-corrected chi connectivity index (χ0v) is 15.5. The van der Waals surface area contributed by atoms with E-state index in [1.165, 1.54) is 0 Å². The fourth-order valence-electron chi connectivity index (χ4n) is 3.71. The van der Waals surface area contributed by atoms with Gasteiger partial charge in [-0.15, -0.1) is 0 Å². The first kappa shape index (κ1) is 16.8. The van der Waals surface area contributed by atoms with Crippen LogP contribution < -0.4 is 4.90 Å². The lowest BCUT2D eigenvalue weighted by Crippen LogP contribution is -2.43. The van der Waals surface area contributed by atoms with Gasteiger partial charge in [-0.1, -0.05) is 0 Å². The van der Waals surface area contributed by atoms with E-state index in [9.17, 15) is 4.79 Å². The van der Waals surface area contributed by atoms with Gasteiger partial charge in [0, 0.05) is 18.7 Å². The molecular formula is C17H23ClN4O3. The number of hydrogen-bond acceptors (Lipinski definition) is 6. The molecule has 25 heavy (non-hydrogen) atoms. The minimum absolute atomic E-state index is 0.221. The number of amides is 1. The second kappa shape index (κ2) is 5.99. The van der Waals surface area contributed by atoms with Crippen LogP contribution in [0.1, 0.15) is 44.9 Å². The van der Waals surface area contributed by atoms with Gasteiger partial charge in [0.15, 0.2) is 0 Å². The Morgan fingerprint density at radius 3 is 2.52 bits per heavy atom. The quantitative estimate of drug-likeness (QED) is 0.712. The van der Waals surface area contributed by atoms with E-state index >= 15 is 0 Å². The number of anilines is 1. The number of halogens is 1. The monoisotopic (exact) mass is 366 g/mol. The highest BCUT2D eigenvalue weighted by Gasteiger charge is 2.38. The Bertz CT molecular complexity index is 694. The number of ether oxygens (including phenoxy) is 2. The number of hydrogen-bond donors (Lipinski definition) is 0. The lowest BCUT2D eigenvalue weighted by atomic mass is 10.2. The zero-order valence-electron chi connectivity index (χ0n) is 14.8. The van der Waals surface area contributed by atoms with Crippen molar-refractivity contribution in [2.45, 2.75) is 64.5 Å². The minimum Gasteiger partial charge on any atom is -0.444 e. The van der Waals surface area contributed by atoms with Crippen LogP contribution in [0.4, 0.5) is 10.6 Å². The molecule has 0 aromatic carbocycles. The minimum atomic E-state index is -0.526. The van der Waals surface area contributed by atoms with Gasteiger partial charge in [-0.2, -0.15) is 0 Å². The summed E-state index contributed by atoms with van der Waals surface area (Å²) in [6.45, 7) is 8.05. The molecule has 2 atom stereocenters. The van der Waals surface area contributed by atoms with Gasteiger partial charge < -0.3 is 14.4 Å². The first-order chi connectivity index (χ1) is 11.8. The van der Waals surface area contributed by atoms with Crippen LogP contribution in [0.25, 0.3) is 0 Å². The molecule has 2 bridgehead atoms. The number of nitrogens with zero attached hydrogens (tertiary/aromatic N) is 4. The molecule has 136 valence electrons. The highest BCUT2D eigenvalue weighted by molar-refractivity contribution is 6.28. The molecule has 0 aliphatic carbocycles. The maximum Gasteiger partial charge on any atom is 0.410 e. The molecule has 7 nitrogen and oxygen atoms in total. The van der Waals surface area contributed by atoms with Crippen molar-refractivity contribution >= 4 is 23.5 Å². The van der Waals surface area contributed by atoms with Gasteiger partial charge >= 0.3 is 6.09 Å². The fourth-order valence-corrected chi connectivity index (χ4v) is 3.90. The first-order valence-electron chi connectivity index (χ1n) is 8.72. The Morgan fingerprint density at radius 2 is 1.88 bits per heavy atom. The second-order valence-electron chi connectivity index (χ2n) is 7.94. The molecule has 0 spiro atoms. The lowest BCUT2D eigenvalue weighted by molar-refractivity contribution is 0.0237. The average molecular weight is 367 g/mol. The third-order valence-electron chi connectivity index (χ3n) is 4.73. The van der Waals surface area contributed by atoms with Crippen LogP contribution in [0.15, 0.2) is 0 Å². The SMILES string of the molecule is CC(C)(C)OC(=O)N1Cc2nc(Cl)nc(N3CC4CCC(C3)O4)c2C1. The van der Waals surface area contributed by atoms with Crippen molar-refractivity contribution < 1.29 is 14.3 Å². The highest BCUT2D eigenvalue weighted by Crippen LogP contribution is 2.35. The summed E-state index contributed by atoms with van der Waals surface area (Å²) in [4.78, 5) is 25.1. The molecule has 1 amide bonds. The molecule has 0 N–H and O–H groups in total. The predicted octanol–water partition coefficient (Wildman–Crippen LogP) is 2.75. The van der Waals surface area contributed by atoms with Crippen LogP contribution in [0.2, 0.25) is 5.28 Å². The summed E-state index contributed by atoms with van der Waals surface area (Å²) < 4.78 is 11.4. The van der Waals surface area contributed by atoms with Crippen LogP contribution in [-0.4, -0.2) is 51.9 Å². The van der Waals surface area contributed by atoms with Crippen molar-refractivity contribution in [3.8, 4) is 0 Å². The van der Waals surface area contributed by atoms with Gasteiger partial charge in [-0.25, -0.2) is 14.8 Å². The van der Waals surface area contributed by atoms with Crippen molar-refractivity contribution in [2.24, 2.45) is 0 Å². The van der Waals surface area contributed by atoms with Crippen molar-refractivity contribution in [2.75, 3.05) is 18.0 Å². The Hall–Kier alpha value is -1.60.